The van der Waals surface area contributed by atoms with Gasteiger partial charge in [0.15, 0.2) is 0 Å². The van der Waals surface area contributed by atoms with Crippen LogP contribution in [0.15, 0.2) is 42.5 Å². The smallest absolute Gasteiger partial charge is 0.305 e. The lowest BCUT2D eigenvalue weighted by atomic mass is 10.2. The van der Waals surface area contributed by atoms with Crippen LogP contribution in [0.25, 0.3) is 0 Å². The molecule has 2 aromatic carbocycles. The lowest BCUT2D eigenvalue weighted by Crippen LogP contribution is -2.28. The van der Waals surface area contributed by atoms with Crippen molar-refractivity contribution >= 4 is 11.6 Å². The Hall–Kier alpha value is -2.96. The summed E-state index contributed by atoms with van der Waals surface area (Å²) in [5.41, 5.74) is 0.354. The molecule has 0 heterocycles. The molecule has 23 heavy (non-hydrogen) atoms. The molecule has 2 rings (SSSR count). The molecule has 7 heteroatoms. The summed E-state index contributed by atoms with van der Waals surface area (Å²) >= 11 is 0. The minimum absolute atomic E-state index is 0.0219. The molecule has 0 aliphatic heterocycles. The van der Waals surface area contributed by atoms with Crippen molar-refractivity contribution in [3.05, 3.63) is 69.5 Å². The zero-order valence-electron chi connectivity index (χ0n) is 12.4. The first-order valence-corrected chi connectivity index (χ1v) is 6.89. The third-order valence-electron chi connectivity index (χ3n) is 3.05. The second-order valence-corrected chi connectivity index (χ2v) is 4.84. The number of nitro groups is 1. The van der Waals surface area contributed by atoms with Crippen LogP contribution in [0.2, 0.25) is 0 Å². The van der Waals surface area contributed by atoms with Gasteiger partial charge in [0.1, 0.15) is 12.4 Å². The van der Waals surface area contributed by atoms with E-state index in [0.29, 0.717) is 5.75 Å². The first-order chi connectivity index (χ1) is 11.0. The number of halogens is 1. The third kappa shape index (κ3) is 4.50. The first kappa shape index (κ1) is 16.4. The van der Waals surface area contributed by atoms with Crippen LogP contribution in [0.5, 0.6) is 5.75 Å². The topological polar surface area (TPSA) is 81.5 Å². The zero-order chi connectivity index (χ0) is 16.8. The van der Waals surface area contributed by atoms with E-state index in [1.54, 1.807) is 6.07 Å². The van der Waals surface area contributed by atoms with E-state index in [0.717, 1.165) is 17.7 Å². The normalized spacial score (nSPS) is 10.2. The highest BCUT2D eigenvalue weighted by molar-refractivity contribution is 5.94. The lowest BCUT2D eigenvalue weighted by Gasteiger charge is -2.08. The molecule has 1 N–H and O–H groups in total. The fourth-order valence-electron chi connectivity index (χ4n) is 1.93. The number of hydrogen-bond donors (Lipinski definition) is 1. The van der Waals surface area contributed by atoms with E-state index in [1.165, 1.54) is 6.07 Å². The molecule has 0 unspecified atom stereocenters. The van der Waals surface area contributed by atoms with Crippen LogP contribution in [0.4, 0.5) is 10.1 Å². The van der Waals surface area contributed by atoms with E-state index in [4.69, 9.17) is 4.74 Å². The number of amides is 1. The molecule has 0 bridgehead atoms. The van der Waals surface area contributed by atoms with E-state index in [2.05, 4.69) is 5.32 Å². The van der Waals surface area contributed by atoms with Crippen molar-refractivity contribution in [2.24, 2.45) is 0 Å². The third-order valence-corrected chi connectivity index (χ3v) is 3.05. The maximum absolute atomic E-state index is 13.2. The van der Waals surface area contributed by atoms with E-state index in [-0.39, 0.29) is 18.7 Å². The summed E-state index contributed by atoms with van der Waals surface area (Å²) < 4.78 is 18.7. The summed E-state index contributed by atoms with van der Waals surface area (Å²) in [6.45, 7) is 2.41. The number of benzene rings is 2. The van der Waals surface area contributed by atoms with Gasteiger partial charge in [-0.15, -0.1) is 0 Å². The minimum Gasteiger partial charge on any atom is -0.492 e. The van der Waals surface area contributed by atoms with E-state index >= 15 is 0 Å². The summed E-state index contributed by atoms with van der Waals surface area (Å²) in [6, 6.07) is 10.5. The van der Waals surface area contributed by atoms with Crippen molar-refractivity contribution in [2.75, 3.05) is 13.2 Å². The van der Waals surface area contributed by atoms with Gasteiger partial charge in [0.25, 0.3) is 5.91 Å². The molecule has 0 saturated heterocycles. The molecular weight excluding hydrogens is 303 g/mol. The number of carbonyl (C=O) groups is 1. The Labute approximate surface area is 132 Å². The van der Waals surface area contributed by atoms with Gasteiger partial charge in [0.05, 0.1) is 11.5 Å². The molecule has 0 saturated carbocycles. The number of nitro benzene ring substituents is 1. The first-order valence-electron chi connectivity index (χ1n) is 6.89. The molecule has 0 aliphatic rings. The monoisotopic (exact) mass is 318 g/mol. The number of carbonyl (C=O) groups excluding carboxylic acids is 1. The molecule has 0 aromatic heterocycles. The molecule has 0 spiro atoms. The molecule has 120 valence electrons. The molecular formula is C16H15FN2O4. The van der Waals surface area contributed by atoms with Crippen molar-refractivity contribution in [3.63, 3.8) is 0 Å². The number of nitrogens with zero attached hydrogens (tertiary/aromatic N) is 1. The second-order valence-electron chi connectivity index (χ2n) is 4.84. The van der Waals surface area contributed by atoms with Crippen LogP contribution in [-0.2, 0) is 0 Å². The van der Waals surface area contributed by atoms with Gasteiger partial charge in [-0.25, -0.2) is 0 Å². The molecule has 0 atom stereocenters. The van der Waals surface area contributed by atoms with Crippen LogP contribution >= 0.6 is 0 Å². The predicted molar refractivity (Wildman–Crippen MR) is 82.1 cm³/mol. The number of hydrogen-bond acceptors (Lipinski definition) is 4. The van der Waals surface area contributed by atoms with Crippen LogP contribution in [0.1, 0.15) is 15.9 Å². The molecule has 6 nitrogen and oxygen atoms in total. The molecule has 0 radical (unpaired) electrons. The van der Waals surface area contributed by atoms with Crippen molar-refractivity contribution < 1.29 is 18.8 Å². The van der Waals surface area contributed by atoms with Crippen molar-refractivity contribution in [3.8, 4) is 5.75 Å². The van der Waals surface area contributed by atoms with Gasteiger partial charge < -0.3 is 10.1 Å². The van der Waals surface area contributed by atoms with Gasteiger partial charge in [0, 0.05) is 11.6 Å². The highest BCUT2D eigenvalue weighted by Gasteiger charge is 2.17. The quantitative estimate of drug-likeness (QED) is 0.504. The standard InChI is InChI=1S/C16H15FN2O4/c1-11-3-2-4-13(9-11)23-8-7-18-16(20)12-5-6-14(17)15(10-12)19(21)22/h2-6,9-10H,7-8H2,1H3,(H,18,20). The maximum Gasteiger partial charge on any atom is 0.305 e. The highest BCUT2D eigenvalue weighted by atomic mass is 19.1. The molecule has 0 aliphatic carbocycles. The largest absolute Gasteiger partial charge is 0.492 e. The molecule has 1 amide bonds. The highest BCUT2D eigenvalue weighted by Crippen LogP contribution is 2.18. The zero-order valence-corrected chi connectivity index (χ0v) is 12.4. The average molecular weight is 318 g/mol. The van der Waals surface area contributed by atoms with Gasteiger partial charge in [-0.3, -0.25) is 14.9 Å². The summed E-state index contributed by atoms with van der Waals surface area (Å²) in [4.78, 5) is 21.7. The van der Waals surface area contributed by atoms with Gasteiger partial charge in [-0.2, -0.15) is 4.39 Å². The van der Waals surface area contributed by atoms with Crippen LogP contribution in [-0.4, -0.2) is 24.0 Å². The number of ether oxygens (including phenoxy) is 1. The predicted octanol–water partition coefficient (Wildman–Crippen LogP) is 2.85. The lowest BCUT2D eigenvalue weighted by molar-refractivity contribution is -0.387. The average Bonchev–Trinajstić information content (AvgIpc) is 2.51. The fraction of sp³-hybridized carbons (Fsp3) is 0.188. The van der Waals surface area contributed by atoms with Gasteiger partial charge >= 0.3 is 5.69 Å². The Morgan fingerprint density at radius 1 is 1.30 bits per heavy atom. The summed E-state index contributed by atoms with van der Waals surface area (Å²) in [5.74, 6) is -0.813. The van der Waals surface area contributed by atoms with Gasteiger partial charge in [-0.05, 0) is 36.8 Å². The summed E-state index contributed by atoms with van der Waals surface area (Å²) in [6.07, 6.45) is 0. The Morgan fingerprint density at radius 2 is 2.09 bits per heavy atom. The maximum atomic E-state index is 13.2. The Bertz CT molecular complexity index is 734. The number of nitrogens with one attached hydrogen (secondary N) is 1. The molecule has 0 fully saturated rings. The SMILES string of the molecule is Cc1cccc(OCCNC(=O)c2ccc(F)c([N+](=O)[O-])c2)c1. The Balaban J connectivity index is 1.88. The van der Waals surface area contributed by atoms with Crippen LogP contribution < -0.4 is 10.1 Å². The summed E-state index contributed by atoms with van der Waals surface area (Å²) in [7, 11) is 0. The van der Waals surface area contributed by atoms with Crippen molar-refractivity contribution in [2.45, 2.75) is 6.92 Å². The van der Waals surface area contributed by atoms with E-state index in [1.807, 2.05) is 25.1 Å². The van der Waals surface area contributed by atoms with Crippen LogP contribution in [0.3, 0.4) is 0 Å². The van der Waals surface area contributed by atoms with Crippen molar-refractivity contribution in [1.29, 1.82) is 0 Å². The summed E-state index contributed by atoms with van der Waals surface area (Å²) in [5, 5.41) is 13.2. The second kappa shape index (κ2) is 7.35. The number of aryl methyl sites for hydroxylation is 1. The van der Waals surface area contributed by atoms with Crippen molar-refractivity contribution in [1.82, 2.24) is 5.32 Å². The van der Waals surface area contributed by atoms with E-state index < -0.39 is 22.3 Å². The van der Waals surface area contributed by atoms with Gasteiger partial charge in [-0.1, -0.05) is 12.1 Å². The Kier molecular flexibility index (Phi) is 5.24. The van der Waals surface area contributed by atoms with Gasteiger partial charge in [0.2, 0.25) is 5.82 Å². The fourth-order valence-corrected chi connectivity index (χ4v) is 1.93. The molecule has 2 aromatic rings. The van der Waals surface area contributed by atoms with Crippen LogP contribution in [0, 0.1) is 22.9 Å². The van der Waals surface area contributed by atoms with E-state index in [9.17, 15) is 19.3 Å². The Morgan fingerprint density at radius 3 is 2.78 bits per heavy atom. The number of rotatable bonds is 6. The minimum atomic E-state index is -0.977.